The number of amides is 2. The average Bonchev–Trinajstić information content (AvgIpc) is 2.84. The maximum atomic E-state index is 12.9. The van der Waals surface area contributed by atoms with Crippen LogP contribution in [0.15, 0.2) is 79.1 Å². The molecule has 2 atom stereocenters. The molecule has 2 unspecified atom stereocenters. The number of ether oxygens (including phenoxy) is 1. The fourth-order valence-corrected chi connectivity index (χ4v) is 3.75. The van der Waals surface area contributed by atoms with Gasteiger partial charge in [0.05, 0.1) is 12.0 Å². The molecule has 1 aromatic heterocycles. The van der Waals surface area contributed by atoms with Gasteiger partial charge in [-0.3, -0.25) is 14.6 Å². The van der Waals surface area contributed by atoms with Crippen LogP contribution < -0.4 is 10.6 Å². The second kappa shape index (κ2) is 10.00. The first-order chi connectivity index (χ1) is 15.2. The molecule has 0 spiro atoms. The number of carbonyl (C=O) groups is 2. The van der Waals surface area contributed by atoms with Crippen molar-refractivity contribution < 1.29 is 14.3 Å². The van der Waals surface area contributed by atoms with Crippen LogP contribution in [0.25, 0.3) is 0 Å². The molecule has 0 radical (unpaired) electrons. The topological polar surface area (TPSA) is 80.3 Å². The van der Waals surface area contributed by atoms with Crippen molar-refractivity contribution in [1.29, 1.82) is 0 Å². The summed E-state index contributed by atoms with van der Waals surface area (Å²) in [5.74, 6) is -0.383. The van der Waals surface area contributed by atoms with Gasteiger partial charge < -0.3 is 15.4 Å². The molecular weight excluding hydrogens is 390 g/mol. The molecule has 2 amide bonds. The van der Waals surface area contributed by atoms with Crippen molar-refractivity contribution in [2.45, 2.75) is 25.5 Å². The summed E-state index contributed by atoms with van der Waals surface area (Å²) in [6, 6.07) is 20.7. The molecule has 3 aromatic rings. The molecule has 0 saturated carbocycles. The van der Waals surface area contributed by atoms with Crippen molar-refractivity contribution in [3.8, 4) is 0 Å². The molecule has 1 aliphatic heterocycles. The highest BCUT2D eigenvalue weighted by Gasteiger charge is 2.32. The number of carbonyl (C=O) groups excluding carboxylic acids is 2. The van der Waals surface area contributed by atoms with Crippen LogP contribution in [0.4, 0.5) is 5.69 Å². The molecule has 2 N–H and O–H groups in total. The van der Waals surface area contributed by atoms with Crippen LogP contribution in [0, 0.1) is 5.92 Å². The molecule has 2 aromatic carbocycles. The van der Waals surface area contributed by atoms with E-state index in [1.165, 1.54) is 0 Å². The van der Waals surface area contributed by atoms with Gasteiger partial charge in [0.25, 0.3) is 5.91 Å². The lowest BCUT2D eigenvalue weighted by molar-refractivity contribution is -0.134. The molecule has 6 nitrogen and oxygen atoms in total. The first-order valence-corrected chi connectivity index (χ1v) is 10.5. The molecule has 31 heavy (non-hydrogen) atoms. The predicted molar refractivity (Wildman–Crippen MR) is 118 cm³/mol. The van der Waals surface area contributed by atoms with E-state index in [1.54, 1.807) is 24.5 Å². The lowest BCUT2D eigenvalue weighted by atomic mass is 9.88. The zero-order valence-corrected chi connectivity index (χ0v) is 17.2. The Morgan fingerprint density at radius 3 is 2.45 bits per heavy atom. The van der Waals surface area contributed by atoms with Gasteiger partial charge in [-0.1, -0.05) is 42.5 Å². The van der Waals surface area contributed by atoms with E-state index in [9.17, 15) is 9.59 Å². The third-order valence-corrected chi connectivity index (χ3v) is 5.41. The first-order valence-electron chi connectivity index (χ1n) is 10.5. The number of aromatic nitrogens is 1. The number of nitrogens with one attached hydrogen (secondary N) is 2. The third-order valence-electron chi connectivity index (χ3n) is 5.41. The Hall–Kier alpha value is -3.51. The molecule has 6 heteroatoms. The third kappa shape index (κ3) is 5.35. The van der Waals surface area contributed by atoms with E-state index in [1.807, 2.05) is 54.6 Å². The van der Waals surface area contributed by atoms with Gasteiger partial charge in [0.15, 0.2) is 0 Å². The highest BCUT2D eigenvalue weighted by molar-refractivity contribution is 6.04. The summed E-state index contributed by atoms with van der Waals surface area (Å²) in [6.45, 7) is 1.10. The maximum absolute atomic E-state index is 12.9. The van der Waals surface area contributed by atoms with Gasteiger partial charge in [-0.2, -0.15) is 0 Å². The monoisotopic (exact) mass is 415 g/mol. The molecule has 0 aliphatic carbocycles. The van der Waals surface area contributed by atoms with Crippen molar-refractivity contribution in [3.05, 3.63) is 95.8 Å². The number of hydrogen-bond acceptors (Lipinski definition) is 4. The Bertz CT molecular complexity index is 1010. The molecule has 158 valence electrons. The van der Waals surface area contributed by atoms with Crippen LogP contribution in [0.1, 0.15) is 40.4 Å². The van der Waals surface area contributed by atoms with E-state index < -0.39 is 0 Å². The van der Waals surface area contributed by atoms with Crippen LogP contribution in [0.3, 0.4) is 0 Å². The minimum absolute atomic E-state index is 0.00335. The lowest BCUT2D eigenvalue weighted by Gasteiger charge is -2.31. The number of pyridine rings is 1. The van der Waals surface area contributed by atoms with Crippen LogP contribution in [-0.4, -0.2) is 23.4 Å². The fourth-order valence-electron chi connectivity index (χ4n) is 3.75. The Morgan fingerprint density at radius 1 is 0.968 bits per heavy atom. The SMILES string of the molecule is O=C(Nc1ccc(CNC(=O)C2CCCOC2c2ccccc2)cc1)c1ccncc1. The van der Waals surface area contributed by atoms with Gasteiger partial charge in [0.1, 0.15) is 0 Å². The number of nitrogens with zero attached hydrogens (tertiary/aromatic N) is 1. The predicted octanol–water partition coefficient (Wildman–Crippen LogP) is 4.12. The number of rotatable bonds is 6. The van der Waals surface area contributed by atoms with E-state index in [4.69, 9.17) is 4.74 Å². The Kier molecular flexibility index (Phi) is 6.69. The summed E-state index contributed by atoms with van der Waals surface area (Å²) in [5.41, 5.74) is 3.25. The van der Waals surface area contributed by atoms with E-state index in [0.717, 1.165) is 24.0 Å². The molecule has 1 saturated heterocycles. The molecule has 1 aliphatic rings. The van der Waals surface area contributed by atoms with E-state index in [2.05, 4.69) is 15.6 Å². The zero-order chi connectivity index (χ0) is 21.5. The molecular formula is C25H25N3O3. The van der Waals surface area contributed by atoms with Crippen molar-refractivity contribution in [2.75, 3.05) is 11.9 Å². The Morgan fingerprint density at radius 2 is 1.71 bits per heavy atom. The van der Waals surface area contributed by atoms with Crippen LogP contribution >= 0.6 is 0 Å². The lowest BCUT2D eigenvalue weighted by Crippen LogP contribution is -2.37. The highest BCUT2D eigenvalue weighted by atomic mass is 16.5. The van der Waals surface area contributed by atoms with E-state index in [-0.39, 0.29) is 23.8 Å². The van der Waals surface area contributed by atoms with Gasteiger partial charge in [-0.05, 0) is 48.2 Å². The largest absolute Gasteiger partial charge is 0.373 e. The number of hydrogen-bond donors (Lipinski definition) is 2. The fraction of sp³-hybridized carbons (Fsp3) is 0.240. The minimum Gasteiger partial charge on any atom is -0.373 e. The second-order valence-corrected chi connectivity index (χ2v) is 7.56. The molecule has 4 rings (SSSR count). The molecule has 2 heterocycles. The minimum atomic E-state index is -0.208. The van der Waals surface area contributed by atoms with Crippen molar-refractivity contribution in [1.82, 2.24) is 10.3 Å². The normalized spacial score (nSPS) is 18.2. The van der Waals surface area contributed by atoms with Crippen LogP contribution in [-0.2, 0) is 16.1 Å². The number of benzene rings is 2. The summed E-state index contributed by atoms with van der Waals surface area (Å²) in [6.07, 6.45) is 4.65. The van der Waals surface area contributed by atoms with Gasteiger partial charge in [-0.25, -0.2) is 0 Å². The van der Waals surface area contributed by atoms with Gasteiger partial charge in [0, 0.05) is 36.8 Å². The Balaban J connectivity index is 1.33. The van der Waals surface area contributed by atoms with E-state index >= 15 is 0 Å². The summed E-state index contributed by atoms with van der Waals surface area (Å²) >= 11 is 0. The summed E-state index contributed by atoms with van der Waals surface area (Å²) in [5, 5.41) is 5.90. The smallest absolute Gasteiger partial charge is 0.255 e. The quantitative estimate of drug-likeness (QED) is 0.635. The summed E-state index contributed by atoms with van der Waals surface area (Å²) in [7, 11) is 0. The molecule has 1 fully saturated rings. The summed E-state index contributed by atoms with van der Waals surface area (Å²) < 4.78 is 5.93. The highest BCUT2D eigenvalue weighted by Crippen LogP contribution is 2.33. The van der Waals surface area contributed by atoms with Gasteiger partial charge in [0.2, 0.25) is 5.91 Å². The first kappa shape index (κ1) is 20.8. The van der Waals surface area contributed by atoms with E-state index in [0.29, 0.717) is 24.4 Å². The van der Waals surface area contributed by atoms with Crippen LogP contribution in [0.5, 0.6) is 0 Å². The second-order valence-electron chi connectivity index (χ2n) is 7.56. The maximum Gasteiger partial charge on any atom is 0.255 e. The average molecular weight is 415 g/mol. The summed E-state index contributed by atoms with van der Waals surface area (Å²) in [4.78, 5) is 29.0. The van der Waals surface area contributed by atoms with Gasteiger partial charge >= 0.3 is 0 Å². The van der Waals surface area contributed by atoms with Crippen LogP contribution in [0.2, 0.25) is 0 Å². The standard InChI is InChI=1S/C25H25N3O3/c29-24(20-12-14-26-15-13-20)28-21-10-8-18(9-11-21)17-27-25(30)22-7-4-16-31-23(22)19-5-2-1-3-6-19/h1-3,5-6,8-15,22-23H,4,7,16-17H2,(H,27,30)(H,28,29). The van der Waals surface area contributed by atoms with Crippen molar-refractivity contribution in [3.63, 3.8) is 0 Å². The number of anilines is 1. The Labute approximate surface area is 181 Å². The zero-order valence-electron chi connectivity index (χ0n) is 17.2. The van der Waals surface area contributed by atoms with Crippen molar-refractivity contribution >= 4 is 17.5 Å². The molecule has 0 bridgehead atoms. The van der Waals surface area contributed by atoms with Gasteiger partial charge in [-0.15, -0.1) is 0 Å². The van der Waals surface area contributed by atoms with Crippen molar-refractivity contribution in [2.24, 2.45) is 5.92 Å².